The van der Waals surface area contributed by atoms with Crippen LogP contribution in [-0.2, 0) is 0 Å². The Kier molecular flexibility index (Phi) is 2.91. The second-order valence-corrected chi connectivity index (χ2v) is 4.02. The quantitative estimate of drug-likeness (QED) is 0.731. The molecule has 0 atom stereocenters. The van der Waals surface area contributed by atoms with Crippen LogP contribution in [0.25, 0.3) is 10.8 Å². The minimum atomic E-state index is 0.0693. The van der Waals surface area contributed by atoms with Gasteiger partial charge in [0.25, 0.3) is 0 Å². The van der Waals surface area contributed by atoms with Crippen molar-refractivity contribution in [3.63, 3.8) is 0 Å². The molecule has 82 valence electrons. The number of rotatable bonds is 3. The molecule has 0 saturated carbocycles. The minimum absolute atomic E-state index is 0.0693. The third kappa shape index (κ3) is 2.06. The van der Waals surface area contributed by atoms with Gasteiger partial charge in [-0.05, 0) is 36.8 Å². The molecule has 2 aromatic carbocycles. The fraction of sp³-hybridized carbons (Fsp3) is 0.214. The van der Waals surface area contributed by atoms with E-state index in [1.54, 1.807) is 0 Å². The van der Waals surface area contributed by atoms with Gasteiger partial charge < -0.3 is 4.74 Å². The summed E-state index contributed by atoms with van der Waals surface area (Å²) in [5.41, 5.74) is 0.604. The third-order valence-corrected chi connectivity index (χ3v) is 2.37. The summed E-state index contributed by atoms with van der Waals surface area (Å²) in [7, 11) is 0. The van der Waals surface area contributed by atoms with Gasteiger partial charge in [-0.2, -0.15) is 0 Å². The summed E-state index contributed by atoms with van der Waals surface area (Å²) in [5.74, 6) is 0.656. The van der Waals surface area contributed by atoms with Crippen LogP contribution in [-0.4, -0.2) is 12.4 Å². The SMILES string of the molecule is CC(C)Oc1cc2ccccc2cc1C=O. The van der Waals surface area contributed by atoms with Crippen LogP contribution >= 0.6 is 0 Å². The van der Waals surface area contributed by atoms with E-state index in [9.17, 15) is 4.79 Å². The van der Waals surface area contributed by atoms with E-state index in [0.29, 0.717) is 11.3 Å². The molecular formula is C14H14O2. The lowest BCUT2D eigenvalue weighted by atomic mass is 10.1. The molecular weight excluding hydrogens is 200 g/mol. The zero-order chi connectivity index (χ0) is 11.5. The van der Waals surface area contributed by atoms with Crippen LogP contribution in [0.2, 0.25) is 0 Å². The zero-order valence-electron chi connectivity index (χ0n) is 9.44. The number of benzene rings is 2. The van der Waals surface area contributed by atoms with E-state index in [0.717, 1.165) is 17.1 Å². The van der Waals surface area contributed by atoms with Crippen molar-refractivity contribution in [2.24, 2.45) is 0 Å². The summed E-state index contributed by atoms with van der Waals surface area (Å²) < 4.78 is 5.61. The van der Waals surface area contributed by atoms with E-state index in [4.69, 9.17) is 4.74 Å². The minimum Gasteiger partial charge on any atom is -0.490 e. The Morgan fingerprint density at radius 2 is 1.75 bits per heavy atom. The average Bonchev–Trinajstić information content (AvgIpc) is 2.27. The smallest absolute Gasteiger partial charge is 0.153 e. The Labute approximate surface area is 94.8 Å². The van der Waals surface area contributed by atoms with Crippen molar-refractivity contribution in [3.8, 4) is 5.75 Å². The Morgan fingerprint density at radius 3 is 2.31 bits per heavy atom. The number of hydrogen-bond donors (Lipinski definition) is 0. The van der Waals surface area contributed by atoms with Gasteiger partial charge in [0.1, 0.15) is 5.75 Å². The Hall–Kier alpha value is -1.83. The van der Waals surface area contributed by atoms with Gasteiger partial charge in [0, 0.05) is 0 Å². The van der Waals surface area contributed by atoms with Gasteiger partial charge in [-0.3, -0.25) is 4.79 Å². The largest absolute Gasteiger partial charge is 0.490 e. The van der Waals surface area contributed by atoms with Crippen molar-refractivity contribution in [1.82, 2.24) is 0 Å². The molecule has 0 spiro atoms. The Morgan fingerprint density at radius 1 is 1.12 bits per heavy atom. The maximum atomic E-state index is 11.0. The topological polar surface area (TPSA) is 26.3 Å². The number of aldehydes is 1. The molecule has 0 amide bonds. The van der Waals surface area contributed by atoms with Crippen LogP contribution in [0.1, 0.15) is 24.2 Å². The molecule has 2 nitrogen and oxygen atoms in total. The predicted molar refractivity (Wildman–Crippen MR) is 65.1 cm³/mol. The van der Waals surface area contributed by atoms with Crippen LogP contribution in [0.5, 0.6) is 5.75 Å². The molecule has 0 radical (unpaired) electrons. The molecule has 0 unspecified atom stereocenters. The second-order valence-electron chi connectivity index (χ2n) is 4.02. The van der Waals surface area contributed by atoms with Gasteiger partial charge in [-0.25, -0.2) is 0 Å². The Bertz CT molecular complexity index is 515. The molecule has 2 aromatic rings. The van der Waals surface area contributed by atoms with E-state index in [1.165, 1.54) is 0 Å². The molecule has 0 fully saturated rings. The van der Waals surface area contributed by atoms with Gasteiger partial charge in [0.15, 0.2) is 6.29 Å². The van der Waals surface area contributed by atoms with Gasteiger partial charge in [-0.1, -0.05) is 24.3 Å². The van der Waals surface area contributed by atoms with Gasteiger partial charge in [-0.15, -0.1) is 0 Å². The number of fused-ring (bicyclic) bond motifs is 1. The van der Waals surface area contributed by atoms with Crippen molar-refractivity contribution < 1.29 is 9.53 Å². The van der Waals surface area contributed by atoms with Crippen molar-refractivity contribution in [1.29, 1.82) is 0 Å². The van der Waals surface area contributed by atoms with E-state index in [1.807, 2.05) is 50.2 Å². The maximum absolute atomic E-state index is 11.0. The van der Waals surface area contributed by atoms with Gasteiger partial charge in [0.05, 0.1) is 11.7 Å². The average molecular weight is 214 g/mol. The molecule has 0 bridgehead atoms. The summed E-state index contributed by atoms with van der Waals surface area (Å²) in [5, 5.41) is 2.14. The van der Waals surface area contributed by atoms with Crippen LogP contribution in [0, 0.1) is 0 Å². The molecule has 0 aliphatic heterocycles. The predicted octanol–water partition coefficient (Wildman–Crippen LogP) is 3.44. The molecule has 0 heterocycles. The number of carbonyl (C=O) groups is 1. The monoisotopic (exact) mass is 214 g/mol. The first-order chi connectivity index (χ1) is 7.70. The lowest BCUT2D eigenvalue weighted by Crippen LogP contribution is -2.07. The first-order valence-electron chi connectivity index (χ1n) is 5.35. The highest BCUT2D eigenvalue weighted by Gasteiger charge is 2.06. The van der Waals surface area contributed by atoms with Crippen LogP contribution < -0.4 is 4.74 Å². The molecule has 0 saturated heterocycles. The molecule has 0 aliphatic carbocycles. The summed E-state index contributed by atoms with van der Waals surface area (Å²) in [6.45, 7) is 3.90. The van der Waals surface area contributed by atoms with Gasteiger partial charge in [0.2, 0.25) is 0 Å². The van der Waals surface area contributed by atoms with Crippen molar-refractivity contribution in [2.45, 2.75) is 20.0 Å². The van der Waals surface area contributed by atoms with Gasteiger partial charge >= 0.3 is 0 Å². The molecule has 16 heavy (non-hydrogen) atoms. The van der Waals surface area contributed by atoms with Crippen molar-refractivity contribution in [2.75, 3.05) is 0 Å². The maximum Gasteiger partial charge on any atom is 0.153 e. The lowest BCUT2D eigenvalue weighted by Gasteiger charge is -2.12. The number of hydrogen-bond acceptors (Lipinski definition) is 2. The standard InChI is InChI=1S/C14H14O2/c1-10(2)16-14-8-12-6-4-3-5-11(12)7-13(14)9-15/h3-10H,1-2H3. The highest BCUT2D eigenvalue weighted by Crippen LogP contribution is 2.25. The van der Waals surface area contributed by atoms with E-state index in [2.05, 4.69) is 0 Å². The summed E-state index contributed by atoms with van der Waals surface area (Å²) in [4.78, 5) is 11.0. The van der Waals surface area contributed by atoms with Crippen molar-refractivity contribution in [3.05, 3.63) is 42.0 Å². The normalized spacial score (nSPS) is 10.7. The molecule has 2 heteroatoms. The second kappa shape index (κ2) is 4.35. The zero-order valence-corrected chi connectivity index (χ0v) is 9.44. The summed E-state index contributed by atoms with van der Waals surface area (Å²) >= 11 is 0. The van der Waals surface area contributed by atoms with E-state index in [-0.39, 0.29) is 6.10 Å². The van der Waals surface area contributed by atoms with E-state index < -0.39 is 0 Å². The van der Waals surface area contributed by atoms with Crippen LogP contribution in [0.4, 0.5) is 0 Å². The number of carbonyl (C=O) groups excluding carboxylic acids is 1. The molecule has 2 rings (SSSR count). The van der Waals surface area contributed by atoms with Crippen LogP contribution in [0.15, 0.2) is 36.4 Å². The lowest BCUT2D eigenvalue weighted by molar-refractivity contribution is 0.111. The molecule has 0 N–H and O–H groups in total. The molecule has 0 aromatic heterocycles. The number of ether oxygens (including phenoxy) is 1. The molecule has 0 aliphatic rings. The summed E-state index contributed by atoms with van der Waals surface area (Å²) in [6, 6.07) is 11.7. The summed E-state index contributed by atoms with van der Waals surface area (Å²) in [6.07, 6.45) is 0.907. The highest BCUT2D eigenvalue weighted by atomic mass is 16.5. The fourth-order valence-corrected chi connectivity index (χ4v) is 1.69. The van der Waals surface area contributed by atoms with Crippen LogP contribution in [0.3, 0.4) is 0 Å². The Balaban J connectivity index is 2.58. The first-order valence-corrected chi connectivity index (χ1v) is 5.35. The third-order valence-electron chi connectivity index (χ3n) is 2.37. The first kappa shape index (κ1) is 10.7. The van der Waals surface area contributed by atoms with E-state index >= 15 is 0 Å². The van der Waals surface area contributed by atoms with Crippen molar-refractivity contribution >= 4 is 17.1 Å². The fourth-order valence-electron chi connectivity index (χ4n) is 1.69. The highest BCUT2D eigenvalue weighted by molar-refractivity contribution is 5.92.